The molecular formula is C15H25N3O. The highest BCUT2D eigenvalue weighted by atomic mass is 16.2. The van der Waals surface area contributed by atoms with Gasteiger partial charge in [0.25, 0.3) is 0 Å². The molecule has 0 radical (unpaired) electrons. The Morgan fingerprint density at radius 1 is 1.26 bits per heavy atom. The van der Waals surface area contributed by atoms with Gasteiger partial charge in [-0.05, 0) is 51.5 Å². The lowest BCUT2D eigenvalue weighted by Gasteiger charge is -2.20. The SMILES string of the molecule is CCCN(CCCN)CC(=O)Nc1ccc(C)cc1. The van der Waals surface area contributed by atoms with Crippen molar-refractivity contribution in [1.82, 2.24) is 4.90 Å². The average molecular weight is 263 g/mol. The number of amides is 1. The van der Waals surface area contributed by atoms with Crippen molar-refractivity contribution in [3.8, 4) is 0 Å². The molecule has 0 saturated heterocycles. The topological polar surface area (TPSA) is 58.4 Å². The molecule has 4 nitrogen and oxygen atoms in total. The summed E-state index contributed by atoms with van der Waals surface area (Å²) in [6, 6.07) is 7.84. The van der Waals surface area contributed by atoms with Crippen molar-refractivity contribution in [3.05, 3.63) is 29.8 Å². The first-order chi connectivity index (χ1) is 9.15. The van der Waals surface area contributed by atoms with Crippen LogP contribution < -0.4 is 11.1 Å². The molecule has 0 aliphatic heterocycles. The minimum absolute atomic E-state index is 0.0364. The third-order valence-electron chi connectivity index (χ3n) is 2.92. The summed E-state index contributed by atoms with van der Waals surface area (Å²) in [5.41, 5.74) is 7.56. The van der Waals surface area contributed by atoms with Crippen molar-refractivity contribution >= 4 is 11.6 Å². The molecule has 3 N–H and O–H groups in total. The molecule has 0 spiro atoms. The van der Waals surface area contributed by atoms with Gasteiger partial charge in [-0.25, -0.2) is 0 Å². The summed E-state index contributed by atoms with van der Waals surface area (Å²) < 4.78 is 0. The van der Waals surface area contributed by atoms with Crippen LogP contribution >= 0.6 is 0 Å². The molecule has 0 atom stereocenters. The van der Waals surface area contributed by atoms with Gasteiger partial charge in [0.05, 0.1) is 6.54 Å². The van der Waals surface area contributed by atoms with Gasteiger partial charge < -0.3 is 11.1 Å². The molecule has 0 bridgehead atoms. The van der Waals surface area contributed by atoms with Gasteiger partial charge in [-0.15, -0.1) is 0 Å². The van der Waals surface area contributed by atoms with E-state index in [2.05, 4.69) is 17.1 Å². The Balaban J connectivity index is 2.45. The van der Waals surface area contributed by atoms with Crippen LogP contribution in [-0.2, 0) is 4.79 Å². The zero-order chi connectivity index (χ0) is 14.1. The minimum Gasteiger partial charge on any atom is -0.330 e. The summed E-state index contributed by atoms with van der Waals surface area (Å²) in [5, 5.41) is 2.92. The third-order valence-corrected chi connectivity index (χ3v) is 2.92. The average Bonchev–Trinajstić information content (AvgIpc) is 2.39. The largest absolute Gasteiger partial charge is 0.330 e. The number of nitrogens with one attached hydrogen (secondary N) is 1. The van der Waals surface area contributed by atoms with Gasteiger partial charge in [0.1, 0.15) is 0 Å². The van der Waals surface area contributed by atoms with Crippen LogP contribution in [0.4, 0.5) is 5.69 Å². The summed E-state index contributed by atoms with van der Waals surface area (Å²) in [4.78, 5) is 14.1. The molecule has 0 aliphatic rings. The number of carbonyl (C=O) groups is 1. The van der Waals surface area contributed by atoms with Crippen LogP contribution in [0.2, 0.25) is 0 Å². The van der Waals surface area contributed by atoms with Crippen LogP contribution in [-0.4, -0.2) is 37.0 Å². The Hall–Kier alpha value is -1.39. The lowest BCUT2D eigenvalue weighted by Crippen LogP contribution is -2.35. The minimum atomic E-state index is 0.0364. The van der Waals surface area contributed by atoms with Gasteiger partial charge >= 0.3 is 0 Å². The molecule has 1 aromatic rings. The zero-order valence-electron chi connectivity index (χ0n) is 12.0. The van der Waals surface area contributed by atoms with Crippen LogP contribution in [0, 0.1) is 6.92 Å². The molecule has 0 unspecified atom stereocenters. The number of rotatable bonds is 8. The first-order valence-electron chi connectivity index (χ1n) is 6.94. The van der Waals surface area contributed by atoms with Crippen LogP contribution in [0.25, 0.3) is 0 Å². The number of carbonyl (C=O) groups excluding carboxylic acids is 1. The van der Waals surface area contributed by atoms with Crippen LogP contribution in [0.15, 0.2) is 24.3 Å². The summed E-state index contributed by atoms with van der Waals surface area (Å²) >= 11 is 0. The smallest absolute Gasteiger partial charge is 0.238 e. The zero-order valence-corrected chi connectivity index (χ0v) is 12.0. The van der Waals surface area contributed by atoms with E-state index in [1.807, 2.05) is 31.2 Å². The van der Waals surface area contributed by atoms with Gasteiger partial charge in [-0.2, -0.15) is 0 Å². The van der Waals surface area contributed by atoms with E-state index in [-0.39, 0.29) is 5.91 Å². The summed E-state index contributed by atoms with van der Waals surface area (Å²) in [5.74, 6) is 0.0364. The monoisotopic (exact) mass is 263 g/mol. The van der Waals surface area contributed by atoms with E-state index in [0.717, 1.165) is 31.6 Å². The van der Waals surface area contributed by atoms with Crippen LogP contribution in [0.5, 0.6) is 0 Å². The Labute approximate surface area is 116 Å². The molecule has 1 rings (SSSR count). The fourth-order valence-corrected chi connectivity index (χ4v) is 1.94. The van der Waals surface area contributed by atoms with E-state index in [1.165, 1.54) is 5.56 Å². The molecule has 0 heterocycles. The van der Waals surface area contributed by atoms with Gasteiger partial charge in [0, 0.05) is 5.69 Å². The number of hydrogen-bond donors (Lipinski definition) is 2. The van der Waals surface area contributed by atoms with E-state index in [4.69, 9.17) is 5.73 Å². The predicted molar refractivity (Wildman–Crippen MR) is 80.2 cm³/mol. The van der Waals surface area contributed by atoms with Crippen molar-refractivity contribution < 1.29 is 4.79 Å². The van der Waals surface area contributed by atoms with E-state index >= 15 is 0 Å². The second kappa shape index (κ2) is 8.67. The molecule has 1 amide bonds. The predicted octanol–water partition coefficient (Wildman–Crippen LogP) is 1.99. The molecule has 0 aromatic heterocycles. The van der Waals surface area contributed by atoms with Crippen molar-refractivity contribution in [2.75, 3.05) is 31.5 Å². The molecule has 0 fully saturated rings. The molecule has 4 heteroatoms. The van der Waals surface area contributed by atoms with Gasteiger partial charge in [-0.1, -0.05) is 24.6 Å². The number of hydrogen-bond acceptors (Lipinski definition) is 3. The highest BCUT2D eigenvalue weighted by Gasteiger charge is 2.09. The maximum atomic E-state index is 12.0. The second-order valence-corrected chi connectivity index (χ2v) is 4.83. The maximum absolute atomic E-state index is 12.0. The van der Waals surface area contributed by atoms with Gasteiger partial charge in [0.2, 0.25) is 5.91 Å². The third kappa shape index (κ3) is 6.36. The van der Waals surface area contributed by atoms with Gasteiger partial charge in [-0.3, -0.25) is 9.69 Å². The Morgan fingerprint density at radius 2 is 1.95 bits per heavy atom. The normalized spacial score (nSPS) is 10.7. The summed E-state index contributed by atoms with van der Waals surface area (Å²) in [6.07, 6.45) is 1.97. The number of anilines is 1. The van der Waals surface area contributed by atoms with E-state index < -0.39 is 0 Å². The van der Waals surface area contributed by atoms with Crippen molar-refractivity contribution in [1.29, 1.82) is 0 Å². The highest BCUT2D eigenvalue weighted by molar-refractivity contribution is 5.92. The lowest BCUT2D eigenvalue weighted by atomic mass is 10.2. The summed E-state index contributed by atoms with van der Waals surface area (Å²) in [7, 11) is 0. The molecule has 19 heavy (non-hydrogen) atoms. The van der Waals surface area contributed by atoms with E-state index in [9.17, 15) is 4.79 Å². The number of nitrogens with zero attached hydrogens (tertiary/aromatic N) is 1. The fourth-order valence-electron chi connectivity index (χ4n) is 1.94. The molecule has 106 valence electrons. The van der Waals surface area contributed by atoms with Gasteiger partial charge in [0.15, 0.2) is 0 Å². The maximum Gasteiger partial charge on any atom is 0.238 e. The van der Waals surface area contributed by atoms with E-state index in [1.54, 1.807) is 0 Å². The van der Waals surface area contributed by atoms with Crippen molar-refractivity contribution in [3.63, 3.8) is 0 Å². The van der Waals surface area contributed by atoms with Crippen molar-refractivity contribution in [2.45, 2.75) is 26.7 Å². The number of nitrogens with two attached hydrogens (primary N) is 1. The van der Waals surface area contributed by atoms with E-state index in [0.29, 0.717) is 13.1 Å². The molecule has 0 aliphatic carbocycles. The first kappa shape index (κ1) is 15.7. The molecule has 1 aromatic carbocycles. The number of benzene rings is 1. The summed E-state index contributed by atoms with van der Waals surface area (Å²) in [6.45, 7) is 7.06. The highest BCUT2D eigenvalue weighted by Crippen LogP contribution is 2.08. The van der Waals surface area contributed by atoms with Crippen molar-refractivity contribution in [2.24, 2.45) is 5.73 Å². The quantitative estimate of drug-likeness (QED) is 0.754. The molecular weight excluding hydrogens is 238 g/mol. The lowest BCUT2D eigenvalue weighted by molar-refractivity contribution is -0.117. The fraction of sp³-hybridized carbons (Fsp3) is 0.533. The first-order valence-corrected chi connectivity index (χ1v) is 6.94. The Bertz CT molecular complexity index is 375. The second-order valence-electron chi connectivity index (χ2n) is 4.83. The standard InChI is InChI=1S/C15H25N3O/c1-3-10-18(11-4-9-16)12-15(19)17-14-7-5-13(2)6-8-14/h5-8H,3-4,9-12,16H2,1-2H3,(H,17,19). The Morgan fingerprint density at radius 3 is 2.53 bits per heavy atom. The number of aryl methyl sites for hydroxylation is 1. The van der Waals surface area contributed by atoms with Crippen LogP contribution in [0.3, 0.4) is 0 Å². The van der Waals surface area contributed by atoms with Crippen LogP contribution in [0.1, 0.15) is 25.3 Å². The molecule has 0 saturated carbocycles. The Kier molecular flexibility index (Phi) is 7.15.